The van der Waals surface area contributed by atoms with Gasteiger partial charge in [0.25, 0.3) is 5.56 Å². The van der Waals surface area contributed by atoms with Gasteiger partial charge in [0, 0.05) is 6.54 Å². The Labute approximate surface area is 142 Å². The van der Waals surface area contributed by atoms with Gasteiger partial charge < -0.3 is 4.74 Å². The lowest BCUT2D eigenvalue weighted by atomic mass is 10.2. The summed E-state index contributed by atoms with van der Waals surface area (Å²) < 4.78 is 6.35. The molecular weight excluding hydrogens is 330 g/mol. The van der Waals surface area contributed by atoms with E-state index < -0.39 is 6.09 Å². The summed E-state index contributed by atoms with van der Waals surface area (Å²) in [5, 5.41) is 1.05. The van der Waals surface area contributed by atoms with Gasteiger partial charge in [-0.2, -0.15) is 0 Å². The summed E-state index contributed by atoms with van der Waals surface area (Å²) >= 11 is 1.17. The van der Waals surface area contributed by atoms with Gasteiger partial charge in [0.1, 0.15) is 6.61 Å². The minimum atomic E-state index is -0.613. The van der Waals surface area contributed by atoms with Crippen molar-refractivity contribution < 1.29 is 14.3 Å². The minimum absolute atomic E-state index is 0.0313. The molecule has 1 fully saturated rings. The third kappa shape index (κ3) is 3.14. The number of fused-ring (bicyclic) bond motifs is 1. The Morgan fingerprint density at radius 2 is 2.12 bits per heavy atom. The van der Waals surface area contributed by atoms with Gasteiger partial charge in [0.2, 0.25) is 5.91 Å². The second-order valence-electron chi connectivity index (χ2n) is 5.32. The molecule has 1 aromatic carbocycles. The Hall–Kier alpha value is -2.35. The van der Waals surface area contributed by atoms with Crippen molar-refractivity contribution in [3.63, 3.8) is 0 Å². The summed E-state index contributed by atoms with van der Waals surface area (Å²) in [6.45, 7) is 3.00. The lowest BCUT2D eigenvalue weighted by molar-refractivity contribution is -0.125. The third-order valence-electron chi connectivity index (χ3n) is 3.66. The lowest BCUT2D eigenvalue weighted by Gasteiger charge is -2.13. The van der Waals surface area contributed by atoms with Crippen molar-refractivity contribution in [2.24, 2.45) is 0 Å². The van der Waals surface area contributed by atoms with Crippen LogP contribution in [0.25, 0.3) is 10.9 Å². The summed E-state index contributed by atoms with van der Waals surface area (Å²) in [6, 6.07) is 7.14. The summed E-state index contributed by atoms with van der Waals surface area (Å²) in [6.07, 6.45) is 0.165. The molecule has 0 spiro atoms. The Kier molecular flexibility index (Phi) is 4.84. The molecule has 1 aliphatic rings. The number of amides is 2. The van der Waals surface area contributed by atoms with Crippen molar-refractivity contribution in [1.82, 2.24) is 14.5 Å². The Balaban J connectivity index is 1.87. The van der Waals surface area contributed by atoms with Gasteiger partial charge in [0.05, 0.1) is 23.2 Å². The molecule has 2 heterocycles. The van der Waals surface area contributed by atoms with Crippen LogP contribution in [0.4, 0.5) is 4.79 Å². The van der Waals surface area contributed by atoms with E-state index in [1.165, 1.54) is 11.8 Å². The van der Waals surface area contributed by atoms with Crippen molar-refractivity contribution in [3.05, 3.63) is 34.6 Å². The van der Waals surface area contributed by atoms with Crippen LogP contribution in [-0.2, 0) is 16.1 Å². The Morgan fingerprint density at radius 1 is 1.33 bits per heavy atom. The minimum Gasteiger partial charge on any atom is -0.447 e. The van der Waals surface area contributed by atoms with Gasteiger partial charge in [0.15, 0.2) is 5.16 Å². The van der Waals surface area contributed by atoms with E-state index in [4.69, 9.17) is 4.74 Å². The first-order chi connectivity index (χ1) is 11.6. The van der Waals surface area contributed by atoms with Gasteiger partial charge in [-0.1, -0.05) is 30.8 Å². The smallest absolute Gasteiger partial charge is 0.416 e. The fourth-order valence-electron chi connectivity index (χ4n) is 2.50. The molecule has 1 aliphatic heterocycles. The third-order valence-corrected chi connectivity index (χ3v) is 4.62. The monoisotopic (exact) mass is 347 g/mol. The van der Waals surface area contributed by atoms with Gasteiger partial charge in [-0.3, -0.25) is 14.2 Å². The largest absolute Gasteiger partial charge is 0.447 e. The molecule has 8 heteroatoms. The SMILES string of the molecule is CCCn1c(SCC(=O)N2CCOC2=O)nc2ccccc2c1=O. The molecule has 0 N–H and O–H groups in total. The number of hydrogen-bond donors (Lipinski definition) is 0. The number of hydrogen-bond acceptors (Lipinski definition) is 6. The van der Waals surface area contributed by atoms with Crippen molar-refractivity contribution in [3.8, 4) is 0 Å². The van der Waals surface area contributed by atoms with Crippen molar-refractivity contribution in [2.75, 3.05) is 18.9 Å². The van der Waals surface area contributed by atoms with Gasteiger partial charge in [-0.15, -0.1) is 0 Å². The topological polar surface area (TPSA) is 81.5 Å². The second kappa shape index (κ2) is 7.04. The average molecular weight is 347 g/mol. The molecular formula is C16H17N3O4S. The number of imide groups is 1. The second-order valence-corrected chi connectivity index (χ2v) is 6.26. The van der Waals surface area contributed by atoms with Crippen LogP contribution in [-0.4, -0.2) is 45.4 Å². The highest BCUT2D eigenvalue weighted by molar-refractivity contribution is 7.99. The molecule has 126 valence electrons. The molecule has 24 heavy (non-hydrogen) atoms. The predicted octanol–water partition coefficient (Wildman–Crippen LogP) is 1.88. The number of cyclic esters (lactones) is 1. The molecule has 0 unspecified atom stereocenters. The van der Waals surface area contributed by atoms with Crippen molar-refractivity contribution in [2.45, 2.75) is 25.0 Å². The summed E-state index contributed by atoms with van der Waals surface area (Å²) in [5.41, 5.74) is 0.489. The molecule has 0 aliphatic carbocycles. The van der Waals surface area contributed by atoms with E-state index in [0.717, 1.165) is 11.3 Å². The molecule has 0 bridgehead atoms. The van der Waals surface area contributed by atoms with E-state index >= 15 is 0 Å². The van der Waals surface area contributed by atoms with E-state index in [0.29, 0.717) is 22.6 Å². The quantitative estimate of drug-likeness (QED) is 0.607. The fourth-order valence-corrected chi connectivity index (χ4v) is 3.40. The first kappa shape index (κ1) is 16.5. The standard InChI is InChI=1S/C16H17N3O4S/c1-2-7-19-14(21)11-5-3-4-6-12(11)17-15(19)24-10-13(20)18-8-9-23-16(18)22/h3-6H,2,7-10H2,1H3. The maximum atomic E-state index is 12.6. The number of aromatic nitrogens is 2. The normalized spacial score (nSPS) is 14.2. The van der Waals surface area contributed by atoms with Crippen molar-refractivity contribution >= 4 is 34.7 Å². The highest BCUT2D eigenvalue weighted by Gasteiger charge is 2.28. The van der Waals surface area contributed by atoms with E-state index in [1.807, 2.05) is 13.0 Å². The van der Waals surface area contributed by atoms with Crippen LogP contribution in [0.5, 0.6) is 0 Å². The van der Waals surface area contributed by atoms with Crippen LogP contribution >= 0.6 is 11.8 Å². The Morgan fingerprint density at radius 3 is 2.83 bits per heavy atom. The number of para-hydroxylation sites is 1. The molecule has 1 aromatic heterocycles. The van der Waals surface area contributed by atoms with Crippen LogP contribution in [0.1, 0.15) is 13.3 Å². The fraction of sp³-hybridized carbons (Fsp3) is 0.375. The highest BCUT2D eigenvalue weighted by atomic mass is 32.2. The maximum absolute atomic E-state index is 12.6. The number of carbonyl (C=O) groups excluding carboxylic acids is 2. The van der Waals surface area contributed by atoms with E-state index in [-0.39, 0.29) is 30.4 Å². The number of thioether (sulfide) groups is 1. The van der Waals surface area contributed by atoms with Gasteiger partial charge >= 0.3 is 6.09 Å². The van der Waals surface area contributed by atoms with Crippen LogP contribution in [0, 0.1) is 0 Å². The first-order valence-electron chi connectivity index (χ1n) is 7.71. The zero-order valence-corrected chi connectivity index (χ0v) is 14.0. The number of benzene rings is 1. The number of nitrogens with zero attached hydrogens (tertiary/aromatic N) is 3. The zero-order valence-electron chi connectivity index (χ0n) is 13.2. The molecule has 2 aromatic rings. The molecule has 0 saturated carbocycles. The van der Waals surface area contributed by atoms with E-state index in [9.17, 15) is 14.4 Å². The molecule has 0 radical (unpaired) electrons. The molecule has 7 nitrogen and oxygen atoms in total. The number of ether oxygens (including phenoxy) is 1. The number of carbonyl (C=O) groups is 2. The van der Waals surface area contributed by atoms with Crippen molar-refractivity contribution in [1.29, 1.82) is 0 Å². The van der Waals surface area contributed by atoms with E-state index in [2.05, 4.69) is 4.98 Å². The van der Waals surface area contributed by atoms with Gasteiger partial charge in [-0.25, -0.2) is 14.7 Å². The van der Waals surface area contributed by atoms with Gasteiger partial charge in [-0.05, 0) is 18.6 Å². The highest BCUT2D eigenvalue weighted by Crippen LogP contribution is 2.19. The zero-order chi connectivity index (χ0) is 17.1. The average Bonchev–Trinajstić information content (AvgIpc) is 3.02. The van der Waals surface area contributed by atoms with Crippen LogP contribution in [0.3, 0.4) is 0 Å². The summed E-state index contributed by atoms with van der Waals surface area (Å²) in [5.74, 6) is -0.309. The molecule has 2 amide bonds. The summed E-state index contributed by atoms with van der Waals surface area (Å²) in [7, 11) is 0. The molecule has 1 saturated heterocycles. The summed E-state index contributed by atoms with van der Waals surface area (Å²) in [4.78, 5) is 41.8. The first-order valence-corrected chi connectivity index (χ1v) is 8.70. The van der Waals surface area contributed by atoms with E-state index in [1.54, 1.807) is 22.8 Å². The predicted molar refractivity (Wildman–Crippen MR) is 90.1 cm³/mol. The van der Waals surface area contributed by atoms with Crippen LogP contribution < -0.4 is 5.56 Å². The maximum Gasteiger partial charge on any atom is 0.416 e. The molecule has 3 rings (SSSR count). The molecule has 0 atom stereocenters. The van der Waals surface area contributed by atoms with Crippen LogP contribution in [0.15, 0.2) is 34.2 Å². The Bertz CT molecular complexity index is 849. The lowest BCUT2D eigenvalue weighted by Crippen LogP contribution is -2.33. The van der Waals surface area contributed by atoms with Crippen LogP contribution in [0.2, 0.25) is 0 Å². The number of rotatable bonds is 5.